The summed E-state index contributed by atoms with van der Waals surface area (Å²) in [7, 11) is 0. The zero-order valence-electron chi connectivity index (χ0n) is 8.58. The van der Waals surface area contributed by atoms with Crippen LogP contribution in [0.15, 0.2) is 41.5 Å². The lowest BCUT2D eigenvalue weighted by Crippen LogP contribution is -2.04. The van der Waals surface area contributed by atoms with Gasteiger partial charge in [0.25, 0.3) is 5.56 Å². The van der Waals surface area contributed by atoms with Gasteiger partial charge in [-0.1, -0.05) is 6.07 Å². The van der Waals surface area contributed by atoms with Crippen LogP contribution in [0, 0.1) is 0 Å². The van der Waals surface area contributed by atoms with Gasteiger partial charge in [-0.3, -0.25) is 4.79 Å². The minimum atomic E-state index is -1.05. The highest BCUT2D eigenvalue weighted by Crippen LogP contribution is 2.18. The number of aromatic amines is 1. The van der Waals surface area contributed by atoms with Crippen LogP contribution in [0.4, 0.5) is 0 Å². The van der Waals surface area contributed by atoms with Crippen LogP contribution in [0.25, 0.3) is 0 Å². The minimum absolute atomic E-state index is 0.104. The highest BCUT2D eigenvalue weighted by molar-refractivity contribution is 5.88. The molecule has 0 atom stereocenters. The lowest BCUT2D eigenvalue weighted by atomic mass is 10.2. The Morgan fingerprint density at radius 2 is 2.18 bits per heavy atom. The summed E-state index contributed by atoms with van der Waals surface area (Å²) in [6.07, 6.45) is 1.21. The van der Waals surface area contributed by atoms with Crippen LogP contribution in [0.3, 0.4) is 0 Å². The summed E-state index contributed by atoms with van der Waals surface area (Å²) in [6, 6.07) is 7.10. The van der Waals surface area contributed by atoms with Crippen molar-refractivity contribution in [3.63, 3.8) is 0 Å². The van der Waals surface area contributed by atoms with Crippen LogP contribution in [-0.2, 0) is 0 Å². The van der Waals surface area contributed by atoms with Crippen LogP contribution in [0.2, 0.25) is 0 Å². The molecule has 0 fully saturated rings. The van der Waals surface area contributed by atoms with E-state index < -0.39 is 5.97 Å². The van der Waals surface area contributed by atoms with Crippen molar-refractivity contribution in [1.29, 1.82) is 0 Å². The van der Waals surface area contributed by atoms with E-state index in [1.54, 1.807) is 12.1 Å². The summed E-state index contributed by atoms with van der Waals surface area (Å²) in [4.78, 5) is 27.8. The first-order chi connectivity index (χ1) is 8.15. The Bertz CT molecular complexity index is 606. The molecule has 0 spiro atoms. The van der Waals surface area contributed by atoms with Gasteiger partial charge in [0.15, 0.2) is 0 Å². The van der Waals surface area contributed by atoms with Gasteiger partial charge < -0.3 is 14.8 Å². The predicted molar refractivity (Wildman–Crippen MR) is 58.3 cm³/mol. The monoisotopic (exact) mass is 232 g/mol. The van der Waals surface area contributed by atoms with E-state index in [1.807, 2.05) is 0 Å². The molecule has 6 heteroatoms. The Kier molecular flexibility index (Phi) is 2.87. The van der Waals surface area contributed by atoms with E-state index in [1.165, 1.54) is 24.5 Å². The van der Waals surface area contributed by atoms with Crippen molar-refractivity contribution in [3.8, 4) is 11.6 Å². The molecule has 86 valence electrons. The Morgan fingerprint density at radius 3 is 2.88 bits per heavy atom. The lowest BCUT2D eigenvalue weighted by molar-refractivity contribution is 0.0696. The molecule has 2 aromatic rings. The molecular weight excluding hydrogens is 224 g/mol. The lowest BCUT2D eigenvalue weighted by Gasteiger charge is -2.04. The van der Waals surface area contributed by atoms with Crippen LogP contribution in [0.1, 0.15) is 10.4 Å². The first-order valence-electron chi connectivity index (χ1n) is 4.71. The summed E-state index contributed by atoms with van der Waals surface area (Å²) in [5.74, 6) is -0.631. The average molecular weight is 232 g/mol. The Labute approximate surface area is 95.5 Å². The van der Waals surface area contributed by atoms with E-state index >= 15 is 0 Å². The molecule has 0 bridgehead atoms. The van der Waals surface area contributed by atoms with Crippen molar-refractivity contribution in [3.05, 3.63) is 52.6 Å². The summed E-state index contributed by atoms with van der Waals surface area (Å²) >= 11 is 0. The quantitative estimate of drug-likeness (QED) is 0.831. The molecule has 2 N–H and O–H groups in total. The zero-order valence-corrected chi connectivity index (χ0v) is 8.58. The fraction of sp³-hybridized carbons (Fsp3) is 0. The van der Waals surface area contributed by atoms with E-state index in [0.29, 0.717) is 5.75 Å². The molecule has 0 amide bonds. The van der Waals surface area contributed by atoms with E-state index in [2.05, 4.69) is 9.97 Å². The molecule has 0 saturated carbocycles. The van der Waals surface area contributed by atoms with Crippen LogP contribution in [0.5, 0.6) is 11.6 Å². The van der Waals surface area contributed by atoms with Crippen LogP contribution >= 0.6 is 0 Å². The topological polar surface area (TPSA) is 92.3 Å². The zero-order chi connectivity index (χ0) is 12.3. The standard InChI is InChI=1S/C11H8N2O4/c14-9-5-10(13-6-12-9)17-8-3-1-2-7(4-8)11(15)16/h1-6H,(H,15,16)(H,12,13,14). The van der Waals surface area contributed by atoms with Gasteiger partial charge in [0.1, 0.15) is 5.75 Å². The molecule has 0 radical (unpaired) electrons. The summed E-state index contributed by atoms with van der Waals surface area (Å²) < 4.78 is 5.26. The number of ether oxygens (including phenoxy) is 1. The minimum Gasteiger partial charge on any atom is -0.478 e. The third-order valence-corrected chi connectivity index (χ3v) is 1.96. The first kappa shape index (κ1) is 10.9. The number of H-pyrrole nitrogens is 1. The van der Waals surface area contributed by atoms with Gasteiger partial charge in [-0.25, -0.2) is 9.78 Å². The van der Waals surface area contributed by atoms with Crippen molar-refractivity contribution >= 4 is 5.97 Å². The van der Waals surface area contributed by atoms with Crippen molar-refractivity contribution in [2.24, 2.45) is 0 Å². The third-order valence-electron chi connectivity index (χ3n) is 1.96. The number of carbonyl (C=O) groups is 1. The third kappa shape index (κ3) is 2.69. The molecule has 1 aromatic carbocycles. The number of carboxylic acids is 1. The molecule has 0 aliphatic carbocycles. The largest absolute Gasteiger partial charge is 0.478 e. The summed E-state index contributed by atoms with van der Waals surface area (Å²) in [5, 5.41) is 8.79. The van der Waals surface area contributed by atoms with Gasteiger partial charge in [-0.05, 0) is 18.2 Å². The molecule has 6 nitrogen and oxygen atoms in total. The van der Waals surface area contributed by atoms with Crippen molar-refractivity contribution in [1.82, 2.24) is 9.97 Å². The maximum Gasteiger partial charge on any atom is 0.335 e. The van der Waals surface area contributed by atoms with Gasteiger partial charge in [0, 0.05) is 0 Å². The Hall–Kier alpha value is -2.63. The molecule has 2 rings (SSSR count). The van der Waals surface area contributed by atoms with Gasteiger partial charge in [0.2, 0.25) is 5.88 Å². The molecule has 0 saturated heterocycles. The number of aromatic nitrogens is 2. The second-order valence-electron chi connectivity index (χ2n) is 3.18. The normalized spacial score (nSPS) is 9.88. The van der Waals surface area contributed by atoms with Crippen molar-refractivity contribution in [2.45, 2.75) is 0 Å². The molecule has 0 aliphatic rings. The van der Waals surface area contributed by atoms with Crippen LogP contribution < -0.4 is 10.3 Å². The average Bonchev–Trinajstić information content (AvgIpc) is 2.29. The SMILES string of the molecule is O=C(O)c1cccc(Oc2cc(=O)[nH]cn2)c1. The Balaban J connectivity index is 2.27. The maximum absolute atomic E-state index is 11.0. The van der Waals surface area contributed by atoms with Crippen molar-refractivity contribution < 1.29 is 14.6 Å². The highest BCUT2D eigenvalue weighted by Gasteiger charge is 2.05. The number of benzene rings is 1. The van der Waals surface area contributed by atoms with Gasteiger partial charge in [0.05, 0.1) is 18.0 Å². The van der Waals surface area contributed by atoms with E-state index in [4.69, 9.17) is 9.84 Å². The number of hydrogen-bond acceptors (Lipinski definition) is 4. The summed E-state index contributed by atoms with van der Waals surface area (Å²) in [5.41, 5.74) is -0.239. The predicted octanol–water partition coefficient (Wildman–Crippen LogP) is 1.26. The van der Waals surface area contributed by atoms with Crippen LogP contribution in [-0.4, -0.2) is 21.0 Å². The molecule has 1 heterocycles. The molecule has 1 aromatic heterocycles. The fourth-order valence-corrected chi connectivity index (χ4v) is 1.22. The van der Waals surface area contributed by atoms with E-state index in [0.717, 1.165) is 0 Å². The number of aromatic carboxylic acids is 1. The number of carboxylic acid groups (broad SMARTS) is 1. The second kappa shape index (κ2) is 4.48. The molecule has 0 aliphatic heterocycles. The highest BCUT2D eigenvalue weighted by atomic mass is 16.5. The molecular formula is C11H8N2O4. The summed E-state index contributed by atoms with van der Waals surface area (Å²) in [6.45, 7) is 0. The molecule has 17 heavy (non-hydrogen) atoms. The molecule has 0 unspecified atom stereocenters. The fourth-order valence-electron chi connectivity index (χ4n) is 1.22. The van der Waals surface area contributed by atoms with Gasteiger partial charge in [-0.15, -0.1) is 0 Å². The number of nitrogens with one attached hydrogen (secondary N) is 1. The first-order valence-corrected chi connectivity index (χ1v) is 4.71. The van der Waals surface area contributed by atoms with Gasteiger partial charge in [-0.2, -0.15) is 0 Å². The smallest absolute Gasteiger partial charge is 0.335 e. The number of rotatable bonds is 3. The van der Waals surface area contributed by atoms with Crippen molar-refractivity contribution in [2.75, 3.05) is 0 Å². The maximum atomic E-state index is 11.0. The van der Waals surface area contributed by atoms with Gasteiger partial charge >= 0.3 is 5.97 Å². The van der Waals surface area contributed by atoms with E-state index in [9.17, 15) is 9.59 Å². The number of hydrogen-bond donors (Lipinski definition) is 2. The Morgan fingerprint density at radius 1 is 1.35 bits per heavy atom. The second-order valence-corrected chi connectivity index (χ2v) is 3.18. The number of nitrogens with zero attached hydrogens (tertiary/aromatic N) is 1. The van der Waals surface area contributed by atoms with E-state index in [-0.39, 0.29) is 17.0 Å².